The van der Waals surface area contributed by atoms with Crippen LogP contribution in [0.15, 0.2) is 23.0 Å². The van der Waals surface area contributed by atoms with Crippen LogP contribution in [0.5, 0.6) is 0 Å². The van der Waals surface area contributed by atoms with E-state index in [1.807, 2.05) is 13.0 Å². The van der Waals surface area contributed by atoms with Gasteiger partial charge in [-0.15, -0.1) is 0 Å². The van der Waals surface area contributed by atoms with Gasteiger partial charge in [-0.05, 0) is 25.8 Å². The molecular formula is C11H17NO2. The van der Waals surface area contributed by atoms with E-state index in [0.717, 1.165) is 26.0 Å². The summed E-state index contributed by atoms with van der Waals surface area (Å²) < 4.78 is 10.5. The molecule has 78 valence electrons. The molecular weight excluding hydrogens is 178 g/mol. The van der Waals surface area contributed by atoms with Crippen molar-refractivity contribution in [2.45, 2.75) is 38.5 Å². The van der Waals surface area contributed by atoms with Gasteiger partial charge < -0.3 is 14.5 Å². The minimum Gasteiger partial charge on any atom is -0.472 e. The van der Waals surface area contributed by atoms with Crippen molar-refractivity contribution in [3.63, 3.8) is 0 Å². The fourth-order valence-corrected chi connectivity index (χ4v) is 1.76. The number of hydrogen-bond acceptors (Lipinski definition) is 3. The van der Waals surface area contributed by atoms with Gasteiger partial charge in [-0.2, -0.15) is 0 Å². The lowest BCUT2D eigenvalue weighted by atomic mass is 9.89. The largest absolute Gasteiger partial charge is 0.472 e. The Morgan fingerprint density at radius 2 is 2.43 bits per heavy atom. The normalized spacial score (nSPS) is 26.1. The Morgan fingerprint density at radius 3 is 3.07 bits per heavy atom. The van der Waals surface area contributed by atoms with E-state index in [2.05, 4.69) is 5.32 Å². The van der Waals surface area contributed by atoms with Gasteiger partial charge in [0.05, 0.1) is 18.6 Å². The molecule has 0 bridgehead atoms. The Labute approximate surface area is 84.4 Å². The van der Waals surface area contributed by atoms with Crippen molar-refractivity contribution < 1.29 is 9.15 Å². The van der Waals surface area contributed by atoms with Crippen LogP contribution in [0.25, 0.3) is 0 Å². The SMILES string of the molecule is CCOC1CC(NCc2ccoc2)C1. The van der Waals surface area contributed by atoms with Gasteiger partial charge in [0.25, 0.3) is 0 Å². The summed E-state index contributed by atoms with van der Waals surface area (Å²) in [6.07, 6.45) is 6.27. The van der Waals surface area contributed by atoms with Crippen molar-refractivity contribution in [3.8, 4) is 0 Å². The van der Waals surface area contributed by atoms with Crippen LogP contribution in [-0.4, -0.2) is 18.8 Å². The third-order valence-corrected chi connectivity index (χ3v) is 2.67. The average Bonchev–Trinajstić information content (AvgIpc) is 2.61. The van der Waals surface area contributed by atoms with Crippen molar-refractivity contribution in [1.29, 1.82) is 0 Å². The molecule has 1 saturated carbocycles. The van der Waals surface area contributed by atoms with E-state index in [1.54, 1.807) is 12.5 Å². The third kappa shape index (κ3) is 2.36. The van der Waals surface area contributed by atoms with Crippen LogP contribution in [0, 0.1) is 0 Å². The highest BCUT2D eigenvalue weighted by atomic mass is 16.5. The summed E-state index contributed by atoms with van der Waals surface area (Å²) >= 11 is 0. The van der Waals surface area contributed by atoms with E-state index >= 15 is 0 Å². The van der Waals surface area contributed by atoms with E-state index in [9.17, 15) is 0 Å². The zero-order chi connectivity index (χ0) is 9.80. The van der Waals surface area contributed by atoms with E-state index in [-0.39, 0.29) is 0 Å². The molecule has 1 aromatic heterocycles. The number of ether oxygens (including phenoxy) is 1. The molecule has 1 aliphatic carbocycles. The molecule has 14 heavy (non-hydrogen) atoms. The molecule has 1 aromatic rings. The second-order valence-corrected chi connectivity index (χ2v) is 3.76. The van der Waals surface area contributed by atoms with Crippen molar-refractivity contribution in [2.75, 3.05) is 6.61 Å². The van der Waals surface area contributed by atoms with Crippen LogP contribution < -0.4 is 5.32 Å². The molecule has 0 atom stereocenters. The van der Waals surface area contributed by atoms with Crippen molar-refractivity contribution in [2.24, 2.45) is 0 Å². The summed E-state index contributed by atoms with van der Waals surface area (Å²) in [6.45, 7) is 3.78. The van der Waals surface area contributed by atoms with E-state index in [0.29, 0.717) is 12.1 Å². The summed E-state index contributed by atoms with van der Waals surface area (Å²) in [5.41, 5.74) is 1.21. The highest BCUT2D eigenvalue weighted by Crippen LogP contribution is 2.23. The molecule has 0 aliphatic heterocycles. The fraction of sp³-hybridized carbons (Fsp3) is 0.636. The Hall–Kier alpha value is -0.800. The highest BCUT2D eigenvalue weighted by Gasteiger charge is 2.28. The van der Waals surface area contributed by atoms with Gasteiger partial charge >= 0.3 is 0 Å². The summed E-state index contributed by atoms with van der Waals surface area (Å²) in [5.74, 6) is 0. The minimum absolute atomic E-state index is 0.488. The molecule has 1 N–H and O–H groups in total. The number of hydrogen-bond donors (Lipinski definition) is 1. The quantitative estimate of drug-likeness (QED) is 0.779. The van der Waals surface area contributed by atoms with Crippen LogP contribution in [-0.2, 0) is 11.3 Å². The van der Waals surface area contributed by atoms with Gasteiger partial charge in [0.1, 0.15) is 0 Å². The predicted octanol–water partition coefficient (Wildman–Crippen LogP) is 1.94. The number of furan rings is 1. The van der Waals surface area contributed by atoms with Gasteiger partial charge in [-0.1, -0.05) is 0 Å². The third-order valence-electron chi connectivity index (χ3n) is 2.67. The first kappa shape index (κ1) is 9.74. The standard InChI is InChI=1S/C11H17NO2/c1-2-14-11-5-10(6-11)12-7-9-3-4-13-8-9/h3-4,8,10-12H,2,5-7H2,1H3. The molecule has 0 unspecified atom stereocenters. The average molecular weight is 195 g/mol. The molecule has 0 amide bonds. The summed E-state index contributed by atoms with van der Waals surface area (Å²) in [6, 6.07) is 2.62. The molecule has 1 heterocycles. The first-order chi connectivity index (χ1) is 6.88. The van der Waals surface area contributed by atoms with Crippen molar-refractivity contribution in [1.82, 2.24) is 5.32 Å². The predicted molar refractivity (Wildman–Crippen MR) is 54.0 cm³/mol. The zero-order valence-electron chi connectivity index (χ0n) is 8.53. The highest BCUT2D eigenvalue weighted by molar-refractivity contribution is 5.05. The van der Waals surface area contributed by atoms with Gasteiger partial charge in [-0.3, -0.25) is 0 Å². The number of nitrogens with one attached hydrogen (secondary N) is 1. The van der Waals surface area contributed by atoms with E-state index in [1.165, 1.54) is 5.56 Å². The molecule has 3 nitrogen and oxygen atoms in total. The van der Waals surface area contributed by atoms with E-state index < -0.39 is 0 Å². The maximum absolute atomic E-state index is 5.49. The van der Waals surface area contributed by atoms with Crippen molar-refractivity contribution in [3.05, 3.63) is 24.2 Å². The van der Waals surface area contributed by atoms with E-state index in [4.69, 9.17) is 9.15 Å². The second kappa shape index (κ2) is 4.62. The van der Waals surface area contributed by atoms with Crippen LogP contribution >= 0.6 is 0 Å². The summed E-state index contributed by atoms with van der Waals surface area (Å²) in [4.78, 5) is 0. The summed E-state index contributed by atoms with van der Waals surface area (Å²) in [5, 5.41) is 3.47. The molecule has 1 aliphatic rings. The van der Waals surface area contributed by atoms with Crippen molar-refractivity contribution >= 4 is 0 Å². The Bertz CT molecular complexity index is 252. The molecule has 2 rings (SSSR count). The van der Waals surface area contributed by atoms with Crippen LogP contribution in [0.3, 0.4) is 0 Å². The van der Waals surface area contributed by atoms with Crippen LogP contribution in [0.1, 0.15) is 25.3 Å². The second-order valence-electron chi connectivity index (χ2n) is 3.76. The Kier molecular flexibility index (Phi) is 3.22. The fourth-order valence-electron chi connectivity index (χ4n) is 1.76. The van der Waals surface area contributed by atoms with Gasteiger partial charge in [-0.25, -0.2) is 0 Å². The minimum atomic E-state index is 0.488. The van der Waals surface area contributed by atoms with Gasteiger partial charge in [0, 0.05) is 24.8 Å². The van der Waals surface area contributed by atoms with Crippen LogP contribution in [0.4, 0.5) is 0 Å². The zero-order valence-corrected chi connectivity index (χ0v) is 8.53. The Morgan fingerprint density at radius 1 is 1.57 bits per heavy atom. The molecule has 0 saturated heterocycles. The molecule has 3 heteroatoms. The summed E-state index contributed by atoms with van der Waals surface area (Å²) in [7, 11) is 0. The van der Waals surface area contributed by atoms with Crippen LogP contribution in [0.2, 0.25) is 0 Å². The monoisotopic (exact) mass is 195 g/mol. The smallest absolute Gasteiger partial charge is 0.0947 e. The molecule has 0 radical (unpaired) electrons. The molecule has 1 fully saturated rings. The molecule has 0 spiro atoms. The lowest BCUT2D eigenvalue weighted by molar-refractivity contribution is -0.0102. The Balaban J connectivity index is 1.61. The lowest BCUT2D eigenvalue weighted by Gasteiger charge is -2.35. The first-order valence-electron chi connectivity index (χ1n) is 5.24. The maximum Gasteiger partial charge on any atom is 0.0947 e. The van der Waals surface area contributed by atoms with Gasteiger partial charge in [0.15, 0.2) is 0 Å². The maximum atomic E-state index is 5.49. The lowest BCUT2D eigenvalue weighted by Crippen LogP contribution is -2.45. The van der Waals surface area contributed by atoms with Gasteiger partial charge in [0.2, 0.25) is 0 Å². The first-order valence-corrected chi connectivity index (χ1v) is 5.24. The molecule has 0 aromatic carbocycles. The topological polar surface area (TPSA) is 34.4 Å². The number of rotatable bonds is 5.